The summed E-state index contributed by atoms with van der Waals surface area (Å²) >= 11 is 0. The van der Waals surface area contributed by atoms with Gasteiger partial charge >= 0.3 is 0 Å². The van der Waals surface area contributed by atoms with Gasteiger partial charge in [0.05, 0.1) is 31.6 Å². The lowest BCUT2D eigenvalue weighted by atomic mass is 9.95. The summed E-state index contributed by atoms with van der Waals surface area (Å²) in [5.74, 6) is 1.36. The molecule has 1 aliphatic rings. The predicted octanol–water partition coefficient (Wildman–Crippen LogP) is 1.51. The third-order valence-electron chi connectivity index (χ3n) is 3.51. The van der Waals surface area contributed by atoms with Crippen LogP contribution in [0.25, 0.3) is 0 Å². The lowest BCUT2D eigenvalue weighted by Crippen LogP contribution is -2.31. The summed E-state index contributed by atoms with van der Waals surface area (Å²) in [4.78, 5) is 0. The fourth-order valence-electron chi connectivity index (χ4n) is 2.54. The van der Waals surface area contributed by atoms with Gasteiger partial charge in [-0.3, -0.25) is 4.68 Å². The van der Waals surface area contributed by atoms with Crippen molar-refractivity contribution in [3.8, 4) is 5.75 Å². The maximum absolute atomic E-state index is 5.52. The number of nitrogens with one attached hydrogen (secondary N) is 1. The molecule has 2 atom stereocenters. The minimum absolute atomic E-state index is 0.259. The standard InChI is InChI=1S/C13H23N3O2/c1-4-6-14-12(10-5-7-18-9-10)13-11(17-3)8-15-16(13)2/h8,10,12,14H,4-7,9H2,1-3H3. The number of ether oxygens (including phenoxy) is 2. The van der Waals surface area contributed by atoms with Gasteiger partial charge in [-0.25, -0.2) is 0 Å². The van der Waals surface area contributed by atoms with Crippen molar-refractivity contribution in [1.82, 2.24) is 15.1 Å². The Morgan fingerprint density at radius 2 is 2.50 bits per heavy atom. The molecule has 0 saturated carbocycles. The Labute approximate surface area is 108 Å². The van der Waals surface area contributed by atoms with Gasteiger partial charge in [0.15, 0.2) is 5.75 Å². The zero-order valence-electron chi connectivity index (χ0n) is 11.5. The number of methoxy groups -OCH3 is 1. The number of nitrogens with zero attached hydrogens (tertiary/aromatic N) is 2. The maximum atomic E-state index is 5.52. The van der Waals surface area contributed by atoms with Gasteiger partial charge in [-0.1, -0.05) is 6.92 Å². The summed E-state index contributed by atoms with van der Waals surface area (Å²) in [6, 6.07) is 0.259. The van der Waals surface area contributed by atoms with Crippen molar-refractivity contribution in [2.45, 2.75) is 25.8 Å². The monoisotopic (exact) mass is 253 g/mol. The summed E-state index contributed by atoms with van der Waals surface area (Å²) < 4.78 is 12.8. The second-order valence-corrected chi connectivity index (χ2v) is 4.78. The highest BCUT2D eigenvalue weighted by atomic mass is 16.5. The molecule has 0 aromatic carbocycles. The molecule has 102 valence electrons. The van der Waals surface area contributed by atoms with Crippen LogP contribution >= 0.6 is 0 Å². The quantitative estimate of drug-likeness (QED) is 0.835. The normalized spacial score (nSPS) is 21.2. The van der Waals surface area contributed by atoms with E-state index in [2.05, 4.69) is 17.3 Å². The Balaban J connectivity index is 2.23. The Hall–Kier alpha value is -1.07. The average Bonchev–Trinajstić information content (AvgIpc) is 3.01. The van der Waals surface area contributed by atoms with Crippen LogP contribution in [0, 0.1) is 5.92 Å². The van der Waals surface area contributed by atoms with E-state index in [-0.39, 0.29) is 6.04 Å². The first-order chi connectivity index (χ1) is 8.77. The molecule has 1 aromatic rings. The van der Waals surface area contributed by atoms with E-state index in [0.717, 1.165) is 44.0 Å². The predicted molar refractivity (Wildman–Crippen MR) is 69.7 cm³/mol. The second kappa shape index (κ2) is 6.20. The summed E-state index contributed by atoms with van der Waals surface area (Å²) in [6.07, 6.45) is 3.99. The first-order valence-electron chi connectivity index (χ1n) is 6.65. The first-order valence-corrected chi connectivity index (χ1v) is 6.65. The van der Waals surface area contributed by atoms with Gasteiger partial charge in [0.1, 0.15) is 0 Å². The average molecular weight is 253 g/mol. The second-order valence-electron chi connectivity index (χ2n) is 4.78. The van der Waals surface area contributed by atoms with Crippen molar-refractivity contribution in [3.05, 3.63) is 11.9 Å². The minimum atomic E-state index is 0.259. The van der Waals surface area contributed by atoms with Gasteiger partial charge in [-0.05, 0) is 19.4 Å². The topological polar surface area (TPSA) is 48.3 Å². The van der Waals surface area contributed by atoms with Crippen molar-refractivity contribution in [1.29, 1.82) is 0 Å². The fourth-order valence-corrected chi connectivity index (χ4v) is 2.54. The number of hydrogen-bond donors (Lipinski definition) is 1. The number of aromatic nitrogens is 2. The number of rotatable bonds is 6. The smallest absolute Gasteiger partial charge is 0.161 e. The summed E-state index contributed by atoms with van der Waals surface area (Å²) in [7, 11) is 3.66. The minimum Gasteiger partial charge on any atom is -0.493 e. The third kappa shape index (κ3) is 2.67. The molecule has 1 N–H and O–H groups in total. The molecule has 0 radical (unpaired) electrons. The highest BCUT2D eigenvalue weighted by molar-refractivity contribution is 5.29. The van der Waals surface area contributed by atoms with E-state index < -0.39 is 0 Å². The van der Waals surface area contributed by atoms with Crippen molar-refractivity contribution in [3.63, 3.8) is 0 Å². The summed E-state index contributed by atoms with van der Waals surface area (Å²) in [6.45, 7) is 4.84. The van der Waals surface area contributed by atoms with Crippen molar-refractivity contribution in [2.24, 2.45) is 13.0 Å². The molecule has 2 unspecified atom stereocenters. The Bertz CT molecular complexity index is 372. The van der Waals surface area contributed by atoms with Gasteiger partial charge < -0.3 is 14.8 Å². The van der Waals surface area contributed by atoms with Gasteiger partial charge in [-0.2, -0.15) is 5.10 Å². The van der Waals surface area contributed by atoms with E-state index in [9.17, 15) is 0 Å². The fraction of sp³-hybridized carbons (Fsp3) is 0.769. The van der Waals surface area contributed by atoms with Crippen LogP contribution in [0.15, 0.2) is 6.20 Å². The van der Waals surface area contributed by atoms with E-state index in [1.54, 1.807) is 13.3 Å². The molecule has 1 fully saturated rings. The SMILES string of the molecule is CCCNC(c1c(OC)cnn1C)C1CCOC1. The third-order valence-corrected chi connectivity index (χ3v) is 3.51. The molecule has 0 spiro atoms. The lowest BCUT2D eigenvalue weighted by Gasteiger charge is -2.24. The van der Waals surface area contributed by atoms with Crippen LogP contribution in [-0.4, -0.2) is 36.6 Å². The molecule has 0 aliphatic carbocycles. The molecular weight excluding hydrogens is 230 g/mol. The zero-order chi connectivity index (χ0) is 13.0. The molecule has 18 heavy (non-hydrogen) atoms. The van der Waals surface area contributed by atoms with Crippen molar-refractivity contribution >= 4 is 0 Å². The molecule has 0 amide bonds. The summed E-state index contributed by atoms with van der Waals surface area (Å²) in [5.41, 5.74) is 1.13. The molecule has 2 heterocycles. The number of aryl methyl sites for hydroxylation is 1. The van der Waals surface area contributed by atoms with Crippen LogP contribution in [0.2, 0.25) is 0 Å². The van der Waals surface area contributed by atoms with Gasteiger partial charge in [0.25, 0.3) is 0 Å². The van der Waals surface area contributed by atoms with Gasteiger partial charge in [0.2, 0.25) is 0 Å². The molecular formula is C13H23N3O2. The van der Waals surface area contributed by atoms with Crippen LogP contribution in [0.1, 0.15) is 31.5 Å². The van der Waals surface area contributed by atoms with Crippen LogP contribution in [0.5, 0.6) is 5.75 Å². The van der Waals surface area contributed by atoms with E-state index in [0.29, 0.717) is 5.92 Å². The van der Waals surface area contributed by atoms with Gasteiger partial charge in [-0.15, -0.1) is 0 Å². The highest BCUT2D eigenvalue weighted by Gasteiger charge is 2.31. The zero-order valence-corrected chi connectivity index (χ0v) is 11.5. The highest BCUT2D eigenvalue weighted by Crippen LogP contribution is 2.33. The lowest BCUT2D eigenvalue weighted by molar-refractivity contribution is 0.175. The molecule has 1 saturated heterocycles. The molecule has 5 heteroatoms. The van der Waals surface area contributed by atoms with E-state index in [4.69, 9.17) is 9.47 Å². The van der Waals surface area contributed by atoms with Gasteiger partial charge in [0, 0.05) is 19.6 Å². The van der Waals surface area contributed by atoms with E-state index >= 15 is 0 Å². The molecule has 1 aliphatic heterocycles. The molecule has 5 nitrogen and oxygen atoms in total. The molecule has 2 rings (SSSR count). The molecule has 1 aromatic heterocycles. The van der Waals surface area contributed by atoms with Crippen LogP contribution in [-0.2, 0) is 11.8 Å². The van der Waals surface area contributed by atoms with Crippen LogP contribution in [0.4, 0.5) is 0 Å². The first kappa shape index (κ1) is 13.4. The van der Waals surface area contributed by atoms with Crippen molar-refractivity contribution < 1.29 is 9.47 Å². The maximum Gasteiger partial charge on any atom is 0.161 e. The Morgan fingerprint density at radius 3 is 3.11 bits per heavy atom. The Morgan fingerprint density at radius 1 is 1.67 bits per heavy atom. The van der Waals surface area contributed by atoms with Crippen LogP contribution < -0.4 is 10.1 Å². The number of hydrogen-bond acceptors (Lipinski definition) is 4. The van der Waals surface area contributed by atoms with E-state index in [1.165, 1.54) is 0 Å². The van der Waals surface area contributed by atoms with Crippen molar-refractivity contribution in [2.75, 3.05) is 26.9 Å². The van der Waals surface area contributed by atoms with Crippen LogP contribution in [0.3, 0.4) is 0 Å². The largest absolute Gasteiger partial charge is 0.493 e. The molecule has 0 bridgehead atoms. The Kier molecular flexibility index (Phi) is 4.60. The summed E-state index contributed by atoms with van der Waals surface area (Å²) in [5, 5.41) is 7.91. The van der Waals surface area contributed by atoms with E-state index in [1.807, 2.05) is 11.7 Å².